The third-order valence-corrected chi connectivity index (χ3v) is 1.87. The molecule has 2 atom stereocenters. The minimum absolute atomic E-state index is 0.0817. The number of carbonyl (C=O) groups is 2. The molecule has 0 aromatic rings. The molecule has 3 N–H and O–H groups in total. The number of amides is 2. The average molecular weight is 218 g/mol. The Morgan fingerprint density at radius 2 is 1.93 bits per heavy atom. The highest BCUT2D eigenvalue weighted by Crippen LogP contribution is 1.93. The van der Waals surface area contributed by atoms with Gasteiger partial charge < -0.3 is 20.4 Å². The Labute approximate surface area is 88.9 Å². The highest BCUT2D eigenvalue weighted by Gasteiger charge is 2.14. The van der Waals surface area contributed by atoms with Crippen molar-refractivity contribution in [1.82, 2.24) is 10.2 Å². The number of aliphatic hydroxyl groups excluding tert-OH is 1. The van der Waals surface area contributed by atoms with Crippen LogP contribution in [0.4, 0.5) is 4.79 Å². The van der Waals surface area contributed by atoms with Gasteiger partial charge >= 0.3 is 12.0 Å². The van der Waals surface area contributed by atoms with Crippen LogP contribution >= 0.6 is 0 Å². The topological polar surface area (TPSA) is 89.9 Å². The summed E-state index contributed by atoms with van der Waals surface area (Å²) in [6.45, 7) is 3.38. The van der Waals surface area contributed by atoms with E-state index in [2.05, 4.69) is 5.32 Å². The van der Waals surface area contributed by atoms with E-state index in [0.717, 1.165) is 0 Å². The molecule has 0 rings (SSSR count). The predicted molar refractivity (Wildman–Crippen MR) is 54.5 cm³/mol. The Kier molecular flexibility index (Phi) is 5.69. The standard InChI is InChI=1S/C9H18N2O4/c1-6(8(13)14)4-10-9(15)11(3)5-7(2)12/h6-7,12H,4-5H2,1-3H3,(H,10,15)(H,13,14). The van der Waals surface area contributed by atoms with Crippen LogP contribution in [0.3, 0.4) is 0 Å². The molecule has 0 aromatic carbocycles. The maximum atomic E-state index is 11.3. The highest BCUT2D eigenvalue weighted by molar-refractivity contribution is 5.75. The first-order valence-corrected chi connectivity index (χ1v) is 4.74. The molecule has 0 saturated heterocycles. The van der Waals surface area contributed by atoms with Gasteiger partial charge in [0.1, 0.15) is 0 Å². The van der Waals surface area contributed by atoms with E-state index in [1.165, 1.54) is 18.9 Å². The Morgan fingerprint density at radius 1 is 1.40 bits per heavy atom. The zero-order valence-corrected chi connectivity index (χ0v) is 9.23. The SMILES string of the molecule is CC(O)CN(C)C(=O)NCC(C)C(=O)O. The summed E-state index contributed by atoms with van der Waals surface area (Å²) in [6, 6.07) is -0.385. The molecule has 0 radical (unpaired) electrons. The summed E-state index contributed by atoms with van der Waals surface area (Å²) in [5, 5.41) is 20.1. The molecule has 6 nitrogen and oxygen atoms in total. The van der Waals surface area contributed by atoms with E-state index in [0.29, 0.717) is 0 Å². The lowest BCUT2D eigenvalue weighted by Crippen LogP contribution is -2.42. The zero-order chi connectivity index (χ0) is 12.0. The lowest BCUT2D eigenvalue weighted by molar-refractivity contribution is -0.140. The molecule has 0 aromatic heterocycles. The molecule has 2 amide bonds. The minimum Gasteiger partial charge on any atom is -0.481 e. The molecule has 0 bridgehead atoms. The number of aliphatic hydroxyl groups is 1. The van der Waals surface area contributed by atoms with Crippen molar-refractivity contribution in [2.24, 2.45) is 5.92 Å². The Bertz CT molecular complexity index is 230. The Morgan fingerprint density at radius 3 is 2.33 bits per heavy atom. The number of carboxylic acids is 1. The van der Waals surface area contributed by atoms with E-state index < -0.39 is 18.0 Å². The second-order valence-electron chi connectivity index (χ2n) is 3.65. The van der Waals surface area contributed by atoms with Gasteiger partial charge in [0.15, 0.2) is 0 Å². The number of hydrogen-bond acceptors (Lipinski definition) is 3. The number of nitrogens with zero attached hydrogens (tertiary/aromatic N) is 1. The second kappa shape index (κ2) is 6.23. The van der Waals surface area contributed by atoms with E-state index >= 15 is 0 Å². The van der Waals surface area contributed by atoms with Crippen molar-refractivity contribution in [3.63, 3.8) is 0 Å². The molecule has 0 aliphatic heterocycles. The number of rotatable bonds is 5. The van der Waals surface area contributed by atoms with Crippen molar-refractivity contribution in [3.8, 4) is 0 Å². The van der Waals surface area contributed by atoms with Crippen LogP contribution in [-0.4, -0.2) is 53.4 Å². The van der Waals surface area contributed by atoms with Crippen LogP contribution in [0.5, 0.6) is 0 Å². The lowest BCUT2D eigenvalue weighted by Gasteiger charge is -2.19. The number of urea groups is 1. The quantitative estimate of drug-likeness (QED) is 0.592. The van der Waals surface area contributed by atoms with E-state index in [-0.39, 0.29) is 19.1 Å². The van der Waals surface area contributed by atoms with Crippen LogP contribution in [-0.2, 0) is 4.79 Å². The number of likely N-dealkylation sites (N-methyl/N-ethyl adjacent to an activating group) is 1. The number of carboxylic acid groups (broad SMARTS) is 1. The van der Waals surface area contributed by atoms with Gasteiger partial charge in [-0.3, -0.25) is 4.79 Å². The largest absolute Gasteiger partial charge is 0.481 e. The first-order chi connectivity index (χ1) is 6.84. The van der Waals surface area contributed by atoms with Crippen LogP contribution in [0.25, 0.3) is 0 Å². The third kappa shape index (κ3) is 5.90. The van der Waals surface area contributed by atoms with Crippen molar-refractivity contribution in [2.45, 2.75) is 20.0 Å². The van der Waals surface area contributed by atoms with E-state index in [4.69, 9.17) is 10.2 Å². The number of hydrogen-bond donors (Lipinski definition) is 3. The monoisotopic (exact) mass is 218 g/mol. The fourth-order valence-electron chi connectivity index (χ4n) is 0.942. The molecule has 2 unspecified atom stereocenters. The van der Waals surface area contributed by atoms with Crippen molar-refractivity contribution < 1.29 is 19.8 Å². The first kappa shape index (κ1) is 13.7. The zero-order valence-electron chi connectivity index (χ0n) is 9.23. The van der Waals surface area contributed by atoms with E-state index in [9.17, 15) is 9.59 Å². The van der Waals surface area contributed by atoms with Gasteiger partial charge in [-0.25, -0.2) is 4.79 Å². The van der Waals surface area contributed by atoms with Gasteiger partial charge in [0.2, 0.25) is 0 Å². The maximum Gasteiger partial charge on any atom is 0.317 e. The van der Waals surface area contributed by atoms with Gasteiger partial charge in [0.25, 0.3) is 0 Å². The molecular weight excluding hydrogens is 200 g/mol. The van der Waals surface area contributed by atoms with Crippen LogP contribution < -0.4 is 5.32 Å². The van der Waals surface area contributed by atoms with Crippen LogP contribution in [0, 0.1) is 5.92 Å². The third-order valence-electron chi connectivity index (χ3n) is 1.87. The van der Waals surface area contributed by atoms with Gasteiger partial charge in [-0.2, -0.15) is 0 Å². The van der Waals surface area contributed by atoms with Gasteiger partial charge in [0.05, 0.1) is 12.0 Å². The lowest BCUT2D eigenvalue weighted by atomic mass is 10.2. The summed E-state index contributed by atoms with van der Waals surface area (Å²) in [6.07, 6.45) is -0.599. The van der Waals surface area contributed by atoms with Gasteiger partial charge in [-0.05, 0) is 6.92 Å². The summed E-state index contributed by atoms with van der Waals surface area (Å²) in [4.78, 5) is 23.1. The van der Waals surface area contributed by atoms with E-state index in [1.54, 1.807) is 6.92 Å². The van der Waals surface area contributed by atoms with E-state index in [1.807, 2.05) is 0 Å². The van der Waals surface area contributed by atoms with Crippen molar-refractivity contribution in [2.75, 3.05) is 20.1 Å². The summed E-state index contributed by atoms with van der Waals surface area (Å²) in [5.74, 6) is -1.57. The Balaban J connectivity index is 3.88. The molecule has 0 aliphatic carbocycles. The maximum absolute atomic E-state index is 11.3. The molecule has 15 heavy (non-hydrogen) atoms. The van der Waals surface area contributed by atoms with Crippen LogP contribution in [0.15, 0.2) is 0 Å². The van der Waals surface area contributed by atoms with Crippen LogP contribution in [0.2, 0.25) is 0 Å². The van der Waals surface area contributed by atoms with Crippen molar-refractivity contribution in [1.29, 1.82) is 0 Å². The molecule has 0 fully saturated rings. The molecule has 0 heterocycles. The van der Waals surface area contributed by atoms with Crippen molar-refractivity contribution in [3.05, 3.63) is 0 Å². The van der Waals surface area contributed by atoms with Gasteiger partial charge in [0, 0.05) is 20.1 Å². The second-order valence-corrected chi connectivity index (χ2v) is 3.65. The highest BCUT2D eigenvalue weighted by atomic mass is 16.4. The molecular formula is C9H18N2O4. The average Bonchev–Trinajstić information content (AvgIpc) is 2.12. The molecule has 0 saturated carbocycles. The van der Waals surface area contributed by atoms with Gasteiger partial charge in [-0.15, -0.1) is 0 Å². The molecule has 0 spiro atoms. The number of aliphatic carboxylic acids is 1. The number of carbonyl (C=O) groups excluding carboxylic acids is 1. The first-order valence-electron chi connectivity index (χ1n) is 4.74. The predicted octanol–water partition coefficient (Wildman–Crippen LogP) is -0.271. The fraction of sp³-hybridized carbons (Fsp3) is 0.778. The number of nitrogens with one attached hydrogen (secondary N) is 1. The van der Waals surface area contributed by atoms with Crippen LogP contribution in [0.1, 0.15) is 13.8 Å². The summed E-state index contributed by atoms with van der Waals surface area (Å²) < 4.78 is 0. The fourth-order valence-corrected chi connectivity index (χ4v) is 0.942. The summed E-state index contributed by atoms with van der Waals surface area (Å²) in [5.41, 5.74) is 0. The normalized spacial score (nSPS) is 14.1. The molecule has 88 valence electrons. The molecule has 6 heteroatoms. The Hall–Kier alpha value is -1.30. The summed E-state index contributed by atoms with van der Waals surface area (Å²) >= 11 is 0. The van der Waals surface area contributed by atoms with Crippen molar-refractivity contribution >= 4 is 12.0 Å². The van der Waals surface area contributed by atoms with Gasteiger partial charge in [-0.1, -0.05) is 6.92 Å². The minimum atomic E-state index is -0.950. The summed E-state index contributed by atoms with van der Waals surface area (Å²) in [7, 11) is 1.54. The molecule has 0 aliphatic rings. The smallest absolute Gasteiger partial charge is 0.317 e.